The number of carbonyl (C=O) groups is 1. The molecule has 0 bridgehead atoms. The molecule has 1 atom stereocenters. The van der Waals surface area contributed by atoms with Gasteiger partial charge in [0.25, 0.3) is 0 Å². The zero-order valence-electron chi connectivity index (χ0n) is 9.19. The van der Waals surface area contributed by atoms with E-state index in [-0.39, 0.29) is 12.1 Å². The second-order valence-corrected chi connectivity index (χ2v) is 4.63. The van der Waals surface area contributed by atoms with Gasteiger partial charge in [0.1, 0.15) is 11.4 Å². The van der Waals surface area contributed by atoms with Gasteiger partial charge in [-0.3, -0.25) is 0 Å². The molecule has 2 heterocycles. The number of fused-ring (bicyclic) bond motifs is 2. The summed E-state index contributed by atoms with van der Waals surface area (Å²) >= 11 is 0. The molecule has 1 saturated heterocycles. The van der Waals surface area contributed by atoms with E-state index in [9.17, 15) is 4.79 Å². The number of esters is 1. The fraction of sp³-hybridized carbons (Fsp3) is 0.308. The minimum Gasteiger partial charge on any atom is -0.481 e. The number of hydrogen-bond acceptors (Lipinski definition) is 3. The molecule has 1 aromatic carbocycles. The second-order valence-electron chi connectivity index (χ2n) is 4.63. The summed E-state index contributed by atoms with van der Waals surface area (Å²) in [6, 6.07) is 7.67. The van der Waals surface area contributed by atoms with Crippen LogP contribution in [0.15, 0.2) is 29.8 Å². The first-order valence-corrected chi connectivity index (χ1v) is 5.28. The third kappa shape index (κ3) is 1.18. The van der Waals surface area contributed by atoms with Crippen LogP contribution in [0.2, 0.25) is 0 Å². The van der Waals surface area contributed by atoms with Crippen LogP contribution < -0.4 is 4.74 Å². The van der Waals surface area contributed by atoms with Crippen LogP contribution in [0.4, 0.5) is 0 Å². The zero-order valence-corrected chi connectivity index (χ0v) is 9.19. The van der Waals surface area contributed by atoms with Crippen molar-refractivity contribution in [1.29, 1.82) is 0 Å². The third-order valence-corrected chi connectivity index (χ3v) is 2.98. The molecule has 3 nitrogen and oxygen atoms in total. The number of hydrogen-bond donors (Lipinski definition) is 0. The van der Waals surface area contributed by atoms with Crippen molar-refractivity contribution in [2.45, 2.75) is 25.6 Å². The standard InChI is InChI=1S/C13H12O3/c1-13(2)11-9(12(14)16-13)7-8-5-3-4-6-10(8)15-11/h3-7,11H,1-2H3. The van der Waals surface area contributed by atoms with Crippen molar-refractivity contribution >= 4 is 12.0 Å². The smallest absolute Gasteiger partial charge is 0.338 e. The zero-order chi connectivity index (χ0) is 11.3. The van der Waals surface area contributed by atoms with Crippen LogP contribution in [0.5, 0.6) is 5.75 Å². The van der Waals surface area contributed by atoms with Crippen LogP contribution in [-0.2, 0) is 9.53 Å². The third-order valence-electron chi connectivity index (χ3n) is 2.98. The second kappa shape index (κ2) is 2.88. The van der Waals surface area contributed by atoms with E-state index < -0.39 is 5.60 Å². The first-order chi connectivity index (χ1) is 7.58. The lowest BCUT2D eigenvalue weighted by atomic mass is 9.94. The van der Waals surface area contributed by atoms with E-state index in [1.165, 1.54) is 0 Å². The average Bonchev–Trinajstić information content (AvgIpc) is 2.47. The fourth-order valence-corrected chi connectivity index (χ4v) is 2.17. The van der Waals surface area contributed by atoms with Crippen LogP contribution in [0.3, 0.4) is 0 Å². The Bertz CT molecular complexity index is 500. The molecular formula is C13H12O3. The Morgan fingerprint density at radius 2 is 2.00 bits per heavy atom. The average molecular weight is 216 g/mol. The molecule has 0 spiro atoms. The van der Waals surface area contributed by atoms with Crippen molar-refractivity contribution in [3.63, 3.8) is 0 Å². The van der Waals surface area contributed by atoms with Crippen molar-refractivity contribution in [3.05, 3.63) is 35.4 Å². The van der Waals surface area contributed by atoms with Crippen molar-refractivity contribution in [2.24, 2.45) is 0 Å². The van der Waals surface area contributed by atoms with Crippen molar-refractivity contribution in [1.82, 2.24) is 0 Å². The van der Waals surface area contributed by atoms with E-state index in [0.717, 1.165) is 11.3 Å². The molecule has 82 valence electrons. The molecule has 0 amide bonds. The molecule has 1 fully saturated rings. The van der Waals surface area contributed by atoms with E-state index in [2.05, 4.69) is 0 Å². The molecule has 1 aromatic rings. The summed E-state index contributed by atoms with van der Waals surface area (Å²) in [5, 5.41) is 0. The fourth-order valence-electron chi connectivity index (χ4n) is 2.17. The summed E-state index contributed by atoms with van der Waals surface area (Å²) in [5.74, 6) is 0.534. The highest BCUT2D eigenvalue weighted by Gasteiger charge is 2.49. The van der Waals surface area contributed by atoms with Gasteiger partial charge in [-0.05, 0) is 26.0 Å². The molecule has 0 radical (unpaired) electrons. The highest BCUT2D eigenvalue weighted by atomic mass is 16.6. The van der Waals surface area contributed by atoms with Crippen LogP contribution in [0.25, 0.3) is 6.08 Å². The van der Waals surface area contributed by atoms with Gasteiger partial charge in [-0.15, -0.1) is 0 Å². The van der Waals surface area contributed by atoms with Crippen LogP contribution in [-0.4, -0.2) is 17.7 Å². The molecule has 0 saturated carbocycles. The van der Waals surface area contributed by atoms with Crippen molar-refractivity contribution < 1.29 is 14.3 Å². The summed E-state index contributed by atoms with van der Waals surface area (Å²) in [4.78, 5) is 11.7. The Balaban J connectivity index is 2.14. The lowest BCUT2D eigenvalue weighted by molar-refractivity contribution is -0.145. The molecule has 3 rings (SSSR count). The molecule has 0 aliphatic carbocycles. The lowest BCUT2D eigenvalue weighted by Crippen LogP contribution is -2.38. The molecule has 0 N–H and O–H groups in total. The number of cyclic esters (lactones) is 1. The van der Waals surface area contributed by atoms with Gasteiger partial charge in [-0.25, -0.2) is 4.79 Å². The van der Waals surface area contributed by atoms with Crippen LogP contribution >= 0.6 is 0 Å². The maximum Gasteiger partial charge on any atom is 0.338 e. The predicted octanol–water partition coefficient (Wildman–Crippen LogP) is 2.17. The first-order valence-electron chi connectivity index (χ1n) is 5.28. The molecule has 1 unspecified atom stereocenters. The van der Waals surface area contributed by atoms with Gasteiger partial charge in [-0.1, -0.05) is 18.2 Å². The van der Waals surface area contributed by atoms with Gasteiger partial charge >= 0.3 is 5.97 Å². The maximum atomic E-state index is 11.7. The number of para-hydroxylation sites is 1. The lowest BCUT2D eigenvalue weighted by Gasteiger charge is -2.28. The van der Waals surface area contributed by atoms with Gasteiger partial charge in [0.2, 0.25) is 0 Å². The number of carbonyl (C=O) groups excluding carboxylic acids is 1. The SMILES string of the molecule is CC1(C)OC(=O)C2=Cc3ccccc3OC21. The quantitative estimate of drug-likeness (QED) is 0.623. The minimum atomic E-state index is -0.587. The highest BCUT2D eigenvalue weighted by Crippen LogP contribution is 2.40. The molecule has 3 heteroatoms. The van der Waals surface area contributed by atoms with Crippen molar-refractivity contribution in [2.75, 3.05) is 0 Å². The monoisotopic (exact) mass is 216 g/mol. The number of ether oxygens (including phenoxy) is 2. The van der Waals surface area contributed by atoms with E-state index in [0.29, 0.717) is 5.57 Å². The van der Waals surface area contributed by atoms with Crippen LogP contribution in [0, 0.1) is 0 Å². The normalized spacial score (nSPS) is 25.0. The molecule has 2 aliphatic rings. The Hall–Kier alpha value is -1.77. The Labute approximate surface area is 93.7 Å². The maximum absolute atomic E-state index is 11.7. The first kappa shape index (κ1) is 9.46. The summed E-state index contributed by atoms with van der Waals surface area (Å²) < 4.78 is 11.1. The van der Waals surface area contributed by atoms with Crippen LogP contribution in [0.1, 0.15) is 19.4 Å². The summed E-state index contributed by atoms with van der Waals surface area (Å²) in [5.41, 5.74) is 0.961. The summed E-state index contributed by atoms with van der Waals surface area (Å²) in [6.07, 6.45) is 1.57. The Kier molecular flexibility index (Phi) is 1.70. The predicted molar refractivity (Wildman–Crippen MR) is 59.0 cm³/mol. The van der Waals surface area contributed by atoms with Gasteiger partial charge < -0.3 is 9.47 Å². The molecule has 0 aromatic heterocycles. The van der Waals surface area contributed by atoms with E-state index in [4.69, 9.17) is 9.47 Å². The largest absolute Gasteiger partial charge is 0.481 e. The summed E-state index contributed by atoms with van der Waals surface area (Å²) in [7, 11) is 0. The highest BCUT2D eigenvalue weighted by molar-refractivity contribution is 5.98. The molecule has 2 aliphatic heterocycles. The van der Waals surface area contributed by atoms with Gasteiger partial charge in [0.15, 0.2) is 6.10 Å². The summed E-state index contributed by atoms with van der Waals surface area (Å²) in [6.45, 7) is 3.73. The van der Waals surface area contributed by atoms with Gasteiger partial charge in [-0.2, -0.15) is 0 Å². The minimum absolute atomic E-state index is 0.274. The van der Waals surface area contributed by atoms with Gasteiger partial charge in [0, 0.05) is 5.56 Å². The van der Waals surface area contributed by atoms with E-state index >= 15 is 0 Å². The topological polar surface area (TPSA) is 35.5 Å². The Morgan fingerprint density at radius 3 is 2.81 bits per heavy atom. The van der Waals surface area contributed by atoms with E-state index in [1.807, 2.05) is 44.2 Å². The Morgan fingerprint density at radius 1 is 1.25 bits per heavy atom. The molecule has 16 heavy (non-hydrogen) atoms. The van der Waals surface area contributed by atoms with Crippen molar-refractivity contribution in [3.8, 4) is 5.75 Å². The van der Waals surface area contributed by atoms with Gasteiger partial charge in [0.05, 0.1) is 5.57 Å². The number of rotatable bonds is 0. The molecular weight excluding hydrogens is 204 g/mol. The number of benzene rings is 1. The van der Waals surface area contributed by atoms with E-state index in [1.54, 1.807) is 0 Å².